The van der Waals surface area contributed by atoms with Crippen molar-refractivity contribution in [2.45, 2.75) is 19.4 Å². The molecule has 0 spiro atoms. The Morgan fingerprint density at radius 1 is 1.64 bits per heavy atom. The van der Waals surface area contributed by atoms with Gasteiger partial charge in [0.25, 0.3) is 0 Å². The lowest BCUT2D eigenvalue weighted by atomic mass is 10.3. The van der Waals surface area contributed by atoms with E-state index in [9.17, 15) is 4.79 Å². The van der Waals surface area contributed by atoms with Crippen LogP contribution in [0.3, 0.4) is 0 Å². The third kappa shape index (κ3) is 3.79. The summed E-state index contributed by atoms with van der Waals surface area (Å²) in [4.78, 5) is 10.4. The van der Waals surface area contributed by atoms with Crippen LogP contribution in [0.5, 0.6) is 5.75 Å². The van der Waals surface area contributed by atoms with Gasteiger partial charge in [-0.3, -0.25) is 4.79 Å². The summed E-state index contributed by atoms with van der Waals surface area (Å²) >= 11 is 3.31. The first kappa shape index (κ1) is 11.0. The number of halogens is 1. The molecule has 0 aliphatic rings. The molecule has 1 aromatic carbocycles. The van der Waals surface area contributed by atoms with Crippen LogP contribution in [0.25, 0.3) is 0 Å². The quantitative estimate of drug-likeness (QED) is 0.904. The summed E-state index contributed by atoms with van der Waals surface area (Å²) in [5.41, 5.74) is 0. The first-order chi connectivity index (χ1) is 6.58. The summed E-state index contributed by atoms with van der Waals surface area (Å²) < 4.78 is 6.31. The zero-order valence-electron chi connectivity index (χ0n) is 7.74. The van der Waals surface area contributed by atoms with E-state index in [1.807, 2.05) is 12.1 Å². The summed E-state index contributed by atoms with van der Waals surface area (Å²) in [5.74, 6) is -0.180. The Kier molecular flexibility index (Phi) is 3.95. The van der Waals surface area contributed by atoms with Crippen molar-refractivity contribution < 1.29 is 14.6 Å². The molecule has 3 nitrogen and oxygen atoms in total. The minimum Gasteiger partial charge on any atom is -0.490 e. The number of hydrogen-bond donors (Lipinski definition) is 1. The van der Waals surface area contributed by atoms with Crippen LogP contribution in [-0.4, -0.2) is 17.2 Å². The van der Waals surface area contributed by atoms with E-state index in [0.29, 0.717) is 5.75 Å². The fourth-order valence-electron chi connectivity index (χ4n) is 1.06. The fraction of sp³-hybridized carbons (Fsp3) is 0.300. The third-order valence-electron chi connectivity index (χ3n) is 1.60. The molecular formula is C10H11BrO3. The van der Waals surface area contributed by atoms with Crippen LogP contribution in [0.1, 0.15) is 13.3 Å². The maximum Gasteiger partial charge on any atom is 0.307 e. The van der Waals surface area contributed by atoms with Gasteiger partial charge in [0.15, 0.2) is 0 Å². The van der Waals surface area contributed by atoms with E-state index < -0.39 is 5.97 Å². The molecule has 0 aromatic heterocycles. The molecule has 14 heavy (non-hydrogen) atoms. The van der Waals surface area contributed by atoms with E-state index in [-0.39, 0.29) is 12.5 Å². The van der Waals surface area contributed by atoms with E-state index in [1.165, 1.54) is 0 Å². The molecule has 1 atom stereocenters. The average molecular weight is 259 g/mol. The van der Waals surface area contributed by atoms with Crippen molar-refractivity contribution in [3.8, 4) is 5.75 Å². The minimum absolute atomic E-state index is 0.00646. The van der Waals surface area contributed by atoms with E-state index in [0.717, 1.165) is 4.47 Å². The summed E-state index contributed by atoms with van der Waals surface area (Å²) in [6, 6.07) is 7.32. The predicted octanol–water partition coefficient (Wildman–Crippen LogP) is 2.69. The Morgan fingerprint density at radius 2 is 2.36 bits per heavy atom. The Hall–Kier alpha value is -1.03. The first-order valence-corrected chi connectivity index (χ1v) is 5.01. The fourth-order valence-corrected chi connectivity index (χ4v) is 1.44. The monoisotopic (exact) mass is 258 g/mol. The molecule has 1 aromatic rings. The summed E-state index contributed by atoms with van der Waals surface area (Å²) in [6.07, 6.45) is -0.311. The second-order valence-corrected chi connectivity index (χ2v) is 3.90. The zero-order chi connectivity index (χ0) is 10.6. The average Bonchev–Trinajstić information content (AvgIpc) is 2.01. The van der Waals surface area contributed by atoms with E-state index >= 15 is 0 Å². The molecule has 0 saturated heterocycles. The molecule has 0 heterocycles. The molecule has 0 bridgehead atoms. The van der Waals surface area contributed by atoms with Gasteiger partial charge in [-0.25, -0.2) is 0 Å². The molecule has 0 saturated carbocycles. The molecule has 0 amide bonds. The molecule has 0 unspecified atom stereocenters. The van der Waals surface area contributed by atoms with Gasteiger partial charge in [-0.05, 0) is 25.1 Å². The van der Waals surface area contributed by atoms with Crippen molar-refractivity contribution in [3.63, 3.8) is 0 Å². The van der Waals surface area contributed by atoms with Gasteiger partial charge in [0, 0.05) is 4.47 Å². The summed E-state index contributed by atoms with van der Waals surface area (Å²) in [6.45, 7) is 1.73. The Labute approximate surface area is 90.8 Å². The van der Waals surface area contributed by atoms with Gasteiger partial charge in [-0.15, -0.1) is 0 Å². The van der Waals surface area contributed by atoms with E-state index in [2.05, 4.69) is 15.9 Å². The van der Waals surface area contributed by atoms with Crippen molar-refractivity contribution in [3.05, 3.63) is 28.7 Å². The lowest BCUT2D eigenvalue weighted by Gasteiger charge is -2.12. The highest BCUT2D eigenvalue weighted by atomic mass is 79.9. The van der Waals surface area contributed by atoms with Crippen LogP contribution in [0.15, 0.2) is 28.7 Å². The number of aliphatic carboxylic acids is 1. The highest BCUT2D eigenvalue weighted by Gasteiger charge is 2.08. The molecule has 0 radical (unpaired) electrons. The van der Waals surface area contributed by atoms with E-state index in [1.54, 1.807) is 19.1 Å². The topological polar surface area (TPSA) is 46.5 Å². The van der Waals surface area contributed by atoms with Gasteiger partial charge in [-0.1, -0.05) is 22.0 Å². The smallest absolute Gasteiger partial charge is 0.307 e. The highest BCUT2D eigenvalue weighted by Crippen LogP contribution is 2.19. The highest BCUT2D eigenvalue weighted by molar-refractivity contribution is 9.10. The van der Waals surface area contributed by atoms with Gasteiger partial charge in [0.2, 0.25) is 0 Å². The minimum atomic E-state index is -0.854. The first-order valence-electron chi connectivity index (χ1n) is 4.22. The number of carboxylic acid groups (broad SMARTS) is 1. The largest absolute Gasteiger partial charge is 0.490 e. The Balaban J connectivity index is 2.55. The van der Waals surface area contributed by atoms with Crippen LogP contribution in [0.4, 0.5) is 0 Å². The lowest BCUT2D eigenvalue weighted by molar-refractivity contribution is -0.138. The molecule has 1 N–H and O–H groups in total. The second kappa shape index (κ2) is 5.00. The van der Waals surface area contributed by atoms with Crippen LogP contribution < -0.4 is 4.74 Å². The Morgan fingerprint density at radius 3 is 2.93 bits per heavy atom. The van der Waals surface area contributed by atoms with Crippen LogP contribution in [0, 0.1) is 0 Å². The molecule has 4 heteroatoms. The zero-order valence-corrected chi connectivity index (χ0v) is 9.32. The van der Waals surface area contributed by atoms with Crippen molar-refractivity contribution in [1.29, 1.82) is 0 Å². The van der Waals surface area contributed by atoms with Crippen LogP contribution >= 0.6 is 15.9 Å². The molecule has 0 fully saturated rings. The van der Waals surface area contributed by atoms with Gasteiger partial charge in [0.1, 0.15) is 11.9 Å². The normalized spacial score (nSPS) is 12.1. The van der Waals surface area contributed by atoms with Crippen molar-refractivity contribution in [1.82, 2.24) is 0 Å². The number of ether oxygens (including phenoxy) is 1. The van der Waals surface area contributed by atoms with Crippen molar-refractivity contribution in [2.75, 3.05) is 0 Å². The summed E-state index contributed by atoms with van der Waals surface area (Å²) in [7, 11) is 0. The SMILES string of the molecule is C[C@H](CC(=O)O)Oc1cccc(Br)c1. The maximum absolute atomic E-state index is 10.4. The maximum atomic E-state index is 10.4. The third-order valence-corrected chi connectivity index (χ3v) is 2.09. The van der Waals surface area contributed by atoms with Gasteiger partial charge >= 0.3 is 5.97 Å². The standard InChI is InChI=1S/C10H11BrO3/c1-7(5-10(12)13)14-9-4-2-3-8(11)6-9/h2-4,6-7H,5H2,1H3,(H,12,13)/t7-/m1/s1. The van der Waals surface area contributed by atoms with Gasteiger partial charge in [-0.2, -0.15) is 0 Å². The second-order valence-electron chi connectivity index (χ2n) is 2.98. The molecule has 0 aliphatic carbocycles. The van der Waals surface area contributed by atoms with E-state index in [4.69, 9.17) is 9.84 Å². The molecular weight excluding hydrogens is 248 g/mol. The lowest BCUT2D eigenvalue weighted by Crippen LogP contribution is -2.16. The number of benzene rings is 1. The molecule has 76 valence electrons. The Bertz CT molecular complexity index is 325. The molecule has 1 rings (SSSR count). The number of carbonyl (C=O) groups is 1. The van der Waals surface area contributed by atoms with Crippen LogP contribution in [0.2, 0.25) is 0 Å². The number of rotatable bonds is 4. The van der Waals surface area contributed by atoms with Crippen molar-refractivity contribution >= 4 is 21.9 Å². The number of hydrogen-bond acceptors (Lipinski definition) is 2. The molecule has 0 aliphatic heterocycles. The van der Waals surface area contributed by atoms with Gasteiger partial charge in [0.05, 0.1) is 6.42 Å². The van der Waals surface area contributed by atoms with Gasteiger partial charge < -0.3 is 9.84 Å². The van der Waals surface area contributed by atoms with Crippen molar-refractivity contribution in [2.24, 2.45) is 0 Å². The number of carboxylic acids is 1. The predicted molar refractivity (Wildman–Crippen MR) is 56.5 cm³/mol. The summed E-state index contributed by atoms with van der Waals surface area (Å²) in [5, 5.41) is 8.53. The van der Waals surface area contributed by atoms with Crippen LogP contribution in [-0.2, 0) is 4.79 Å².